The molecule has 0 saturated carbocycles. The molecule has 3 aromatic rings. The Hall–Kier alpha value is -2.43. The van der Waals surface area contributed by atoms with E-state index in [2.05, 4.69) is 34.0 Å². The van der Waals surface area contributed by atoms with Crippen LogP contribution < -0.4 is 11.5 Å². The fourth-order valence-electron chi connectivity index (χ4n) is 2.12. The van der Waals surface area contributed by atoms with Gasteiger partial charge in [-0.15, -0.1) is 0 Å². The van der Waals surface area contributed by atoms with Crippen LogP contribution >= 0.6 is 0 Å². The fraction of sp³-hybridized carbons (Fsp3) is 0.0714. The molecule has 2 aromatic heterocycles. The molecule has 0 aliphatic rings. The number of anilines is 1. The minimum absolute atomic E-state index is 0.428. The molecule has 1 aromatic carbocycles. The van der Waals surface area contributed by atoms with Crippen LogP contribution in [0.1, 0.15) is 5.56 Å². The minimum atomic E-state index is 0.428. The highest BCUT2D eigenvalue weighted by Gasteiger charge is 2.07. The largest absolute Gasteiger partial charge is 0.382 e. The van der Waals surface area contributed by atoms with Crippen molar-refractivity contribution >= 4 is 30.4 Å². The standard InChI is InChI=1S/C14H13BN4/c1-8-3-2-4-9(7-8)10-5-6-11-12(17-10)13(16)19-14(15)18-11/h2-7H,15H2,1H3,(H2,16,18,19). The average Bonchev–Trinajstić information content (AvgIpc) is 2.38. The van der Waals surface area contributed by atoms with Gasteiger partial charge in [0, 0.05) is 5.56 Å². The van der Waals surface area contributed by atoms with E-state index >= 15 is 0 Å². The van der Waals surface area contributed by atoms with E-state index < -0.39 is 0 Å². The van der Waals surface area contributed by atoms with Gasteiger partial charge in [0.15, 0.2) is 13.7 Å². The smallest absolute Gasteiger partial charge is 0.189 e. The lowest BCUT2D eigenvalue weighted by atomic mass is 10.1. The zero-order valence-corrected chi connectivity index (χ0v) is 10.9. The molecule has 92 valence electrons. The van der Waals surface area contributed by atoms with Gasteiger partial charge in [-0.2, -0.15) is 0 Å². The van der Waals surface area contributed by atoms with Crippen LogP contribution in [0, 0.1) is 6.92 Å². The number of fused-ring (bicyclic) bond motifs is 1. The number of aromatic nitrogens is 3. The summed E-state index contributed by atoms with van der Waals surface area (Å²) in [5, 5.41) is 0. The highest BCUT2D eigenvalue weighted by molar-refractivity contribution is 6.29. The molecule has 0 aliphatic heterocycles. The molecule has 5 heteroatoms. The fourth-order valence-corrected chi connectivity index (χ4v) is 2.12. The zero-order chi connectivity index (χ0) is 13.4. The molecule has 0 atom stereocenters. The van der Waals surface area contributed by atoms with Gasteiger partial charge >= 0.3 is 0 Å². The van der Waals surface area contributed by atoms with Crippen molar-refractivity contribution in [3.63, 3.8) is 0 Å². The lowest BCUT2D eigenvalue weighted by molar-refractivity contribution is 1.26. The van der Waals surface area contributed by atoms with E-state index in [4.69, 9.17) is 5.73 Å². The predicted octanol–water partition coefficient (Wildman–Crippen LogP) is 0.841. The number of hydrogen-bond donors (Lipinski definition) is 1. The molecule has 2 heterocycles. The molecule has 2 N–H and O–H groups in total. The topological polar surface area (TPSA) is 64.7 Å². The molecule has 0 bridgehead atoms. The van der Waals surface area contributed by atoms with E-state index in [-0.39, 0.29) is 0 Å². The summed E-state index contributed by atoms with van der Waals surface area (Å²) in [7, 11) is 1.82. The summed E-state index contributed by atoms with van der Waals surface area (Å²) in [6, 6.07) is 12.1. The monoisotopic (exact) mass is 248 g/mol. The van der Waals surface area contributed by atoms with Crippen LogP contribution in [-0.2, 0) is 0 Å². The predicted molar refractivity (Wildman–Crippen MR) is 80.1 cm³/mol. The number of hydrogen-bond acceptors (Lipinski definition) is 4. The number of nitrogens with zero attached hydrogens (tertiary/aromatic N) is 3. The molecule has 0 radical (unpaired) electrons. The van der Waals surface area contributed by atoms with E-state index in [1.165, 1.54) is 5.56 Å². The van der Waals surface area contributed by atoms with Gasteiger partial charge in [-0.25, -0.2) is 15.0 Å². The Morgan fingerprint density at radius 2 is 1.89 bits per heavy atom. The van der Waals surface area contributed by atoms with Crippen molar-refractivity contribution in [1.82, 2.24) is 15.0 Å². The summed E-state index contributed by atoms with van der Waals surface area (Å²) in [6.07, 6.45) is 0. The first-order valence-electron chi connectivity index (χ1n) is 6.11. The highest BCUT2D eigenvalue weighted by atomic mass is 15.0. The first-order valence-corrected chi connectivity index (χ1v) is 6.11. The van der Waals surface area contributed by atoms with E-state index in [0.717, 1.165) is 16.8 Å². The van der Waals surface area contributed by atoms with Crippen LogP contribution in [0.25, 0.3) is 22.3 Å². The second-order valence-corrected chi connectivity index (χ2v) is 4.59. The molecule has 0 aliphatic carbocycles. The minimum Gasteiger partial charge on any atom is -0.382 e. The Balaban J connectivity index is 2.22. The van der Waals surface area contributed by atoms with E-state index in [1.807, 2.05) is 32.1 Å². The van der Waals surface area contributed by atoms with E-state index in [1.54, 1.807) is 0 Å². The van der Waals surface area contributed by atoms with Crippen molar-refractivity contribution in [1.29, 1.82) is 0 Å². The summed E-state index contributed by atoms with van der Waals surface area (Å²) in [6.45, 7) is 2.06. The van der Waals surface area contributed by atoms with Crippen LogP contribution in [-0.4, -0.2) is 22.8 Å². The van der Waals surface area contributed by atoms with Gasteiger partial charge in [-0.3, -0.25) is 0 Å². The highest BCUT2D eigenvalue weighted by Crippen LogP contribution is 2.22. The molecular weight excluding hydrogens is 235 g/mol. The van der Waals surface area contributed by atoms with Gasteiger partial charge in [0.25, 0.3) is 0 Å². The number of nitrogen functional groups attached to an aromatic ring is 1. The molecule has 19 heavy (non-hydrogen) atoms. The van der Waals surface area contributed by atoms with E-state index in [0.29, 0.717) is 17.1 Å². The number of rotatable bonds is 1. The van der Waals surface area contributed by atoms with Gasteiger partial charge in [0.05, 0.1) is 16.9 Å². The SMILES string of the molecule is Bc1nc(N)c2nc(-c3cccc(C)c3)ccc2n1. The Morgan fingerprint density at radius 1 is 1.05 bits per heavy atom. The Bertz CT molecular complexity index is 770. The Labute approximate surface area is 112 Å². The zero-order valence-electron chi connectivity index (χ0n) is 10.9. The second kappa shape index (κ2) is 4.35. The van der Waals surface area contributed by atoms with Gasteiger partial charge in [-0.05, 0) is 25.1 Å². The average molecular weight is 248 g/mol. The first kappa shape index (κ1) is 11.7. The number of pyridine rings is 1. The third-order valence-corrected chi connectivity index (χ3v) is 2.99. The van der Waals surface area contributed by atoms with Crippen LogP contribution in [0.3, 0.4) is 0 Å². The number of benzene rings is 1. The lowest BCUT2D eigenvalue weighted by Gasteiger charge is -2.06. The Morgan fingerprint density at radius 3 is 2.68 bits per heavy atom. The summed E-state index contributed by atoms with van der Waals surface area (Å²) in [5.74, 6) is 0.428. The van der Waals surface area contributed by atoms with Crippen molar-refractivity contribution in [3.8, 4) is 11.3 Å². The molecule has 0 spiro atoms. The van der Waals surface area contributed by atoms with Crippen molar-refractivity contribution in [2.75, 3.05) is 5.73 Å². The third kappa shape index (κ3) is 2.15. The normalized spacial score (nSPS) is 10.8. The third-order valence-electron chi connectivity index (χ3n) is 2.99. The number of aryl methyl sites for hydroxylation is 1. The lowest BCUT2D eigenvalue weighted by Crippen LogP contribution is -2.15. The van der Waals surface area contributed by atoms with Crippen LogP contribution in [0.4, 0.5) is 5.82 Å². The summed E-state index contributed by atoms with van der Waals surface area (Å²) < 4.78 is 0. The van der Waals surface area contributed by atoms with Gasteiger partial charge < -0.3 is 5.73 Å². The number of nitrogens with two attached hydrogens (primary N) is 1. The molecule has 3 rings (SSSR count). The van der Waals surface area contributed by atoms with Gasteiger partial charge in [-0.1, -0.05) is 23.8 Å². The summed E-state index contributed by atoms with van der Waals surface area (Å²) >= 11 is 0. The molecule has 0 amide bonds. The van der Waals surface area contributed by atoms with Crippen molar-refractivity contribution in [2.45, 2.75) is 6.92 Å². The van der Waals surface area contributed by atoms with Crippen LogP contribution in [0.5, 0.6) is 0 Å². The molecular formula is C14H13BN4. The van der Waals surface area contributed by atoms with Crippen LogP contribution in [0.15, 0.2) is 36.4 Å². The van der Waals surface area contributed by atoms with Crippen molar-refractivity contribution < 1.29 is 0 Å². The molecule has 4 nitrogen and oxygen atoms in total. The van der Waals surface area contributed by atoms with E-state index in [9.17, 15) is 0 Å². The van der Waals surface area contributed by atoms with Gasteiger partial charge in [0.1, 0.15) is 5.52 Å². The summed E-state index contributed by atoms with van der Waals surface area (Å²) in [5.41, 5.74) is 11.2. The Kier molecular flexibility index (Phi) is 2.67. The first-order chi connectivity index (χ1) is 9.13. The molecule has 0 unspecified atom stereocenters. The molecule has 0 saturated heterocycles. The quantitative estimate of drug-likeness (QED) is 0.648. The maximum Gasteiger partial charge on any atom is 0.189 e. The van der Waals surface area contributed by atoms with Crippen LogP contribution in [0.2, 0.25) is 0 Å². The summed E-state index contributed by atoms with van der Waals surface area (Å²) in [4.78, 5) is 13.1. The molecule has 0 fully saturated rings. The van der Waals surface area contributed by atoms with Crippen molar-refractivity contribution in [2.24, 2.45) is 0 Å². The maximum atomic E-state index is 5.92. The maximum absolute atomic E-state index is 5.92. The van der Waals surface area contributed by atoms with Crippen molar-refractivity contribution in [3.05, 3.63) is 42.0 Å². The second-order valence-electron chi connectivity index (χ2n) is 4.59. The van der Waals surface area contributed by atoms with Gasteiger partial charge in [0.2, 0.25) is 0 Å².